The van der Waals surface area contributed by atoms with Crippen LogP contribution >= 0.6 is 25.3 Å². The van der Waals surface area contributed by atoms with Crippen molar-refractivity contribution >= 4 is 25.3 Å². The molecule has 0 saturated carbocycles. The van der Waals surface area contributed by atoms with Crippen molar-refractivity contribution < 1.29 is 0 Å². The molecule has 0 aliphatic carbocycles. The predicted molar refractivity (Wildman–Crippen MR) is 46.1 cm³/mol. The summed E-state index contributed by atoms with van der Waals surface area (Å²) in [5.74, 6) is 1.88. The van der Waals surface area contributed by atoms with E-state index in [1.165, 1.54) is 6.42 Å². The molecule has 0 unspecified atom stereocenters. The van der Waals surface area contributed by atoms with Crippen molar-refractivity contribution in [2.75, 3.05) is 11.5 Å². The van der Waals surface area contributed by atoms with Crippen LogP contribution in [-0.4, -0.2) is 11.5 Å². The van der Waals surface area contributed by atoms with E-state index < -0.39 is 0 Å². The molecule has 0 amide bonds. The monoisotopic (exact) mass is 150 g/mol. The Morgan fingerprint density at radius 1 is 1.25 bits per heavy atom. The summed E-state index contributed by atoms with van der Waals surface area (Å²) in [6.45, 7) is 4.37. The quantitative estimate of drug-likeness (QED) is 0.567. The molecule has 0 radical (unpaired) electrons. The van der Waals surface area contributed by atoms with Gasteiger partial charge in [0, 0.05) is 0 Å². The number of hydrogen-bond acceptors (Lipinski definition) is 2. The molecule has 0 rings (SSSR count). The van der Waals surface area contributed by atoms with Crippen LogP contribution in [0.15, 0.2) is 0 Å². The summed E-state index contributed by atoms with van der Waals surface area (Å²) in [6, 6.07) is 0. The molecule has 0 saturated heterocycles. The van der Waals surface area contributed by atoms with Gasteiger partial charge in [0.25, 0.3) is 0 Å². The van der Waals surface area contributed by atoms with Gasteiger partial charge in [-0.3, -0.25) is 0 Å². The summed E-state index contributed by atoms with van der Waals surface area (Å²) in [5.41, 5.74) is 0.353. The van der Waals surface area contributed by atoms with E-state index in [9.17, 15) is 0 Å². The summed E-state index contributed by atoms with van der Waals surface area (Å²) in [6.07, 6.45) is 1.17. The van der Waals surface area contributed by atoms with E-state index in [4.69, 9.17) is 0 Å². The number of rotatable bonds is 3. The first-order chi connectivity index (χ1) is 3.68. The summed E-state index contributed by atoms with van der Waals surface area (Å²) in [5, 5.41) is 0. The van der Waals surface area contributed by atoms with Crippen LogP contribution in [0, 0.1) is 5.41 Å². The minimum atomic E-state index is 0.353. The summed E-state index contributed by atoms with van der Waals surface area (Å²) < 4.78 is 0. The van der Waals surface area contributed by atoms with Gasteiger partial charge in [-0.25, -0.2) is 0 Å². The second-order valence-electron chi connectivity index (χ2n) is 2.48. The van der Waals surface area contributed by atoms with Crippen molar-refractivity contribution in [2.24, 2.45) is 5.41 Å². The van der Waals surface area contributed by atoms with Gasteiger partial charge in [-0.05, 0) is 23.3 Å². The molecular formula is C6H14S2. The Bertz CT molecular complexity index is 49.3. The van der Waals surface area contributed by atoms with Gasteiger partial charge in [0.2, 0.25) is 0 Å². The molecule has 0 heterocycles. The van der Waals surface area contributed by atoms with Crippen LogP contribution in [0.5, 0.6) is 0 Å². The van der Waals surface area contributed by atoms with Crippen LogP contribution in [0.1, 0.15) is 20.3 Å². The number of thiol groups is 2. The van der Waals surface area contributed by atoms with E-state index in [2.05, 4.69) is 39.1 Å². The maximum atomic E-state index is 4.21. The third-order valence-corrected chi connectivity index (χ3v) is 3.14. The van der Waals surface area contributed by atoms with Crippen molar-refractivity contribution in [2.45, 2.75) is 20.3 Å². The van der Waals surface area contributed by atoms with Gasteiger partial charge >= 0.3 is 0 Å². The highest BCUT2D eigenvalue weighted by molar-refractivity contribution is 7.81. The molecule has 8 heavy (non-hydrogen) atoms. The van der Waals surface area contributed by atoms with Crippen LogP contribution in [0.2, 0.25) is 0 Å². The summed E-state index contributed by atoms with van der Waals surface area (Å²) >= 11 is 8.42. The van der Waals surface area contributed by atoms with Gasteiger partial charge < -0.3 is 0 Å². The van der Waals surface area contributed by atoms with Gasteiger partial charge in [-0.15, -0.1) is 0 Å². The molecule has 2 heteroatoms. The topological polar surface area (TPSA) is 0 Å². The highest BCUT2D eigenvalue weighted by Gasteiger charge is 2.16. The van der Waals surface area contributed by atoms with E-state index in [-0.39, 0.29) is 0 Å². The Morgan fingerprint density at radius 2 is 1.62 bits per heavy atom. The second kappa shape index (κ2) is 3.67. The van der Waals surface area contributed by atoms with Crippen molar-refractivity contribution in [3.05, 3.63) is 0 Å². The normalized spacial score (nSPS) is 12.0. The van der Waals surface area contributed by atoms with Crippen LogP contribution in [-0.2, 0) is 0 Å². The maximum absolute atomic E-state index is 4.21. The Morgan fingerprint density at radius 3 is 1.62 bits per heavy atom. The molecule has 0 aromatic carbocycles. The molecular weight excluding hydrogens is 136 g/mol. The Hall–Kier alpha value is 0.700. The lowest BCUT2D eigenvalue weighted by atomic mass is 9.93. The van der Waals surface area contributed by atoms with Crippen molar-refractivity contribution in [1.29, 1.82) is 0 Å². The van der Waals surface area contributed by atoms with Crippen molar-refractivity contribution in [3.8, 4) is 0 Å². The minimum absolute atomic E-state index is 0.353. The van der Waals surface area contributed by atoms with Crippen LogP contribution in [0.3, 0.4) is 0 Å². The Labute approximate surface area is 62.9 Å². The minimum Gasteiger partial charge on any atom is -0.179 e. The third kappa shape index (κ3) is 2.31. The maximum Gasteiger partial charge on any atom is -0.00361 e. The molecule has 0 aliphatic heterocycles. The molecule has 0 aliphatic rings. The predicted octanol–water partition coefficient (Wildman–Crippen LogP) is 2.26. The van der Waals surface area contributed by atoms with Gasteiger partial charge in [-0.2, -0.15) is 25.3 Å². The molecule has 0 spiro atoms. The number of hydrogen-bond donors (Lipinski definition) is 2. The lowest BCUT2D eigenvalue weighted by Crippen LogP contribution is -2.18. The first kappa shape index (κ1) is 8.70. The third-order valence-electron chi connectivity index (χ3n) is 1.62. The van der Waals surface area contributed by atoms with Gasteiger partial charge in [-0.1, -0.05) is 13.8 Å². The van der Waals surface area contributed by atoms with E-state index in [0.717, 1.165) is 11.5 Å². The lowest BCUT2D eigenvalue weighted by molar-refractivity contribution is 0.420. The van der Waals surface area contributed by atoms with E-state index in [1.807, 2.05) is 0 Å². The zero-order chi connectivity index (χ0) is 6.62. The smallest absolute Gasteiger partial charge is 0.00361 e. The zero-order valence-corrected chi connectivity index (χ0v) is 7.30. The fourth-order valence-corrected chi connectivity index (χ4v) is 1.12. The first-order valence-electron chi connectivity index (χ1n) is 2.90. The van der Waals surface area contributed by atoms with E-state index in [0.29, 0.717) is 5.41 Å². The van der Waals surface area contributed by atoms with Gasteiger partial charge in [0.1, 0.15) is 0 Å². The average molecular weight is 150 g/mol. The molecule has 0 fully saturated rings. The molecule has 0 nitrogen and oxygen atoms in total. The molecule has 0 bridgehead atoms. The van der Waals surface area contributed by atoms with Crippen molar-refractivity contribution in [1.82, 2.24) is 0 Å². The molecule has 0 aromatic rings. The Balaban J connectivity index is 3.58. The molecule has 0 atom stereocenters. The molecule has 0 N–H and O–H groups in total. The molecule has 0 aromatic heterocycles. The SMILES string of the molecule is CCC(C)(CS)CS. The lowest BCUT2D eigenvalue weighted by Gasteiger charge is -2.22. The summed E-state index contributed by atoms with van der Waals surface area (Å²) in [4.78, 5) is 0. The second-order valence-corrected chi connectivity index (χ2v) is 3.11. The van der Waals surface area contributed by atoms with E-state index >= 15 is 0 Å². The van der Waals surface area contributed by atoms with Crippen LogP contribution in [0.25, 0.3) is 0 Å². The van der Waals surface area contributed by atoms with Gasteiger partial charge in [0.15, 0.2) is 0 Å². The van der Waals surface area contributed by atoms with Crippen LogP contribution in [0.4, 0.5) is 0 Å². The standard InChI is InChI=1S/C6H14S2/c1-3-6(2,4-7)5-8/h7-8H,3-5H2,1-2H3. The Kier molecular flexibility index (Phi) is 4.00. The molecule has 50 valence electrons. The highest BCUT2D eigenvalue weighted by Crippen LogP contribution is 2.23. The van der Waals surface area contributed by atoms with Gasteiger partial charge in [0.05, 0.1) is 0 Å². The summed E-state index contributed by atoms with van der Waals surface area (Å²) in [7, 11) is 0. The van der Waals surface area contributed by atoms with E-state index in [1.54, 1.807) is 0 Å². The fraction of sp³-hybridized carbons (Fsp3) is 1.00. The van der Waals surface area contributed by atoms with Crippen molar-refractivity contribution in [3.63, 3.8) is 0 Å². The largest absolute Gasteiger partial charge is 0.179 e. The fourth-order valence-electron chi connectivity index (χ4n) is 0.274. The average Bonchev–Trinajstić information content (AvgIpc) is 1.87. The van der Waals surface area contributed by atoms with Crippen LogP contribution < -0.4 is 0 Å². The zero-order valence-electron chi connectivity index (χ0n) is 5.52. The first-order valence-corrected chi connectivity index (χ1v) is 4.17. The highest BCUT2D eigenvalue weighted by atomic mass is 32.1.